The molecule has 132 valence electrons. The van der Waals surface area contributed by atoms with Gasteiger partial charge in [0, 0.05) is 36.4 Å². The van der Waals surface area contributed by atoms with Crippen LogP contribution in [0.15, 0.2) is 36.7 Å². The molecule has 0 spiro atoms. The van der Waals surface area contributed by atoms with Gasteiger partial charge in [-0.1, -0.05) is 12.1 Å². The van der Waals surface area contributed by atoms with Gasteiger partial charge in [0.1, 0.15) is 12.1 Å². The summed E-state index contributed by atoms with van der Waals surface area (Å²) in [6, 6.07) is 9.66. The van der Waals surface area contributed by atoms with Gasteiger partial charge in [0.05, 0.1) is 11.8 Å². The molecule has 2 N–H and O–H groups in total. The Morgan fingerprint density at radius 3 is 2.76 bits per heavy atom. The van der Waals surface area contributed by atoms with E-state index < -0.39 is 0 Å². The van der Waals surface area contributed by atoms with Crippen LogP contribution in [-0.2, 0) is 4.74 Å². The second kappa shape index (κ2) is 8.07. The molecule has 1 aliphatic rings. The number of hydrogen-bond donors (Lipinski definition) is 2. The van der Waals surface area contributed by atoms with Crippen molar-refractivity contribution in [3.05, 3.63) is 42.2 Å². The standard InChI is InChI=1S/C19H24N4O2/c1-13(2)23-18-10-17(21-12-22-18)14-5-7-15(8-6-14)19(24)20-11-16-4-3-9-25-16/h5-8,10,12-13,16H,3-4,9,11H2,1-2H3,(H,20,24)(H,21,22,23)/t16-/m0/s1. The van der Waals surface area contributed by atoms with Crippen molar-refractivity contribution in [3.63, 3.8) is 0 Å². The average molecular weight is 340 g/mol. The van der Waals surface area contributed by atoms with Crippen LogP contribution in [0.1, 0.15) is 37.0 Å². The highest BCUT2D eigenvalue weighted by Gasteiger charge is 2.16. The van der Waals surface area contributed by atoms with Crippen LogP contribution < -0.4 is 10.6 Å². The normalized spacial score (nSPS) is 16.8. The molecule has 1 aliphatic heterocycles. The molecule has 2 aromatic rings. The number of carbonyl (C=O) groups excluding carboxylic acids is 1. The van der Waals surface area contributed by atoms with E-state index in [0.29, 0.717) is 18.2 Å². The Kier molecular flexibility index (Phi) is 5.60. The van der Waals surface area contributed by atoms with E-state index >= 15 is 0 Å². The maximum absolute atomic E-state index is 12.2. The molecule has 6 nitrogen and oxygen atoms in total. The summed E-state index contributed by atoms with van der Waals surface area (Å²) >= 11 is 0. The highest BCUT2D eigenvalue weighted by molar-refractivity contribution is 5.94. The molecular formula is C19H24N4O2. The Hall–Kier alpha value is -2.47. The lowest BCUT2D eigenvalue weighted by atomic mass is 10.1. The summed E-state index contributed by atoms with van der Waals surface area (Å²) in [4.78, 5) is 20.7. The minimum Gasteiger partial charge on any atom is -0.376 e. The number of nitrogens with zero attached hydrogens (tertiary/aromatic N) is 2. The third-order valence-electron chi connectivity index (χ3n) is 4.06. The van der Waals surface area contributed by atoms with Crippen LogP contribution in [0.25, 0.3) is 11.3 Å². The Balaban J connectivity index is 1.64. The lowest BCUT2D eigenvalue weighted by Gasteiger charge is -2.11. The maximum Gasteiger partial charge on any atom is 0.251 e. The molecule has 0 radical (unpaired) electrons. The number of rotatable bonds is 6. The fraction of sp³-hybridized carbons (Fsp3) is 0.421. The monoisotopic (exact) mass is 340 g/mol. The van der Waals surface area contributed by atoms with Crippen molar-refractivity contribution in [3.8, 4) is 11.3 Å². The van der Waals surface area contributed by atoms with E-state index in [4.69, 9.17) is 4.74 Å². The predicted octanol–water partition coefficient (Wildman–Crippen LogP) is 2.87. The first-order chi connectivity index (χ1) is 12.1. The van der Waals surface area contributed by atoms with E-state index in [1.54, 1.807) is 6.33 Å². The molecule has 0 unspecified atom stereocenters. The number of aromatic nitrogens is 2. The van der Waals surface area contributed by atoms with Gasteiger partial charge < -0.3 is 15.4 Å². The van der Waals surface area contributed by atoms with Crippen molar-refractivity contribution in [2.45, 2.75) is 38.8 Å². The fourth-order valence-electron chi connectivity index (χ4n) is 2.80. The Morgan fingerprint density at radius 1 is 1.28 bits per heavy atom. The zero-order chi connectivity index (χ0) is 17.6. The molecule has 1 aromatic carbocycles. The number of hydrogen-bond acceptors (Lipinski definition) is 5. The van der Waals surface area contributed by atoms with Gasteiger partial charge in [-0.25, -0.2) is 9.97 Å². The van der Waals surface area contributed by atoms with Crippen molar-refractivity contribution in [1.82, 2.24) is 15.3 Å². The molecule has 1 aromatic heterocycles. The van der Waals surface area contributed by atoms with Gasteiger partial charge in [-0.05, 0) is 38.8 Å². The smallest absolute Gasteiger partial charge is 0.251 e. The summed E-state index contributed by atoms with van der Waals surface area (Å²) in [6.45, 7) is 5.48. The number of benzene rings is 1. The quantitative estimate of drug-likeness (QED) is 0.846. The van der Waals surface area contributed by atoms with E-state index in [1.807, 2.05) is 30.3 Å². The van der Waals surface area contributed by atoms with Crippen molar-refractivity contribution in [2.75, 3.05) is 18.5 Å². The summed E-state index contributed by atoms with van der Waals surface area (Å²) in [7, 11) is 0. The van der Waals surface area contributed by atoms with Gasteiger partial charge in [0.25, 0.3) is 5.91 Å². The summed E-state index contributed by atoms with van der Waals surface area (Å²) in [5, 5.41) is 6.19. The second-order valence-electron chi connectivity index (χ2n) is 6.51. The highest BCUT2D eigenvalue weighted by atomic mass is 16.5. The van der Waals surface area contributed by atoms with Crippen LogP contribution in [-0.4, -0.2) is 41.2 Å². The molecule has 1 fully saturated rings. The summed E-state index contributed by atoms with van der Waals surface area (Å²) < 4.78 is 5.52. The van der Waals surface area contributed by atoms with Gasteiger partial charge in [0.15, 0.2) is 0 Å². The maximum atomic E-state index is 12.2. The summed E-state index contributed by atoms with van der Waals surface area (Å²) in [6.07, 6.45) is 3.78. The lowest BCUT2D eigenvalue weighted by Crippen LogP contribution is -2.31. The molecule has 2 heterocycles. The van der Waals surface area contributed by atoms with Gasteiger partial charge in [-0.3, -0.25) is 4.79 Å². The van der Waals surface area contributed by atoms with Crippen LogP contribution in [0.2, 0.25) is 0 Å². The van der Waals surface area contributed by atoms with Crippen molar-refractivity contribution < 1.29 is 9.53 Å². The molecule has 25 heavy (non-hydrogen) atoms. The number of carbonyl (C=O) groups is 1. The first-order valence-electron chi connectivity index (χ1n) is 8.70. The van der Waals surface area contributed by atoms with Crippen molar-refractivity contribution in [2.24, 2.45) is 0 Å². The molecule has 1 amide bonds. The molecule has 0 aliphatic carbocycles. The zero-order valence-electron chi connectivity index (χ0n) is 14.7. The van der Waals surface area contributed by atoms with Crippen LogP contribution in [0, 0.1) is 0 Å². The van der Waals surface area contributed by atoms with Crippen LogP contribution in [0.4, 0.5) is 5.82 Å². The van der Waals surface area contributed by atoms with E-state index in [1.165, 1.54) is 0 Å². The van der Waals surface area contributed by atoms with E-state index in [2.05, 4.69) is 34.4 Å². The van der Waals surface area contributed by atoms with Gasteiger partial charge >= 0.3 is 0 Å². The van der Waals surface area contributed by atoms with E-state index in [9.17, 15) is 4.79 Å². The summed E-state index contributed by atoms with van der Waals surface area (Å²) in [5.41, 5.74) is 2.41. The molecule has 6 heteroatoms. The number of nitrogens with one attached hydrogen (secondary N) is 2. The zero-order valence-corrected chi connectivity index (χ0v) is 14.7. The largest absolute Gasteiger partial charge is 0.376 e. The van der Waals surface area contributed by atoms with E-state index in [0.717, 1.165) is 36.5 Å². The molecular weight excluding hydrogens is 316 g/mol. The molecule has 3 rings (SSSR count). The Labute approximate surface area is 148 Å². The minimum atomic E-state index is -0.0769. The molecule has 0 saturated carbocycles. The first kappa shape index (κ1) is 17.4. The Morgan fingerprint density at radius 2 is 2.08 bits per heavy atom. The SMILES string of the molecule is CC(C)Nc1cc(-c2ccc(C(=O)NC[C@@H]3CCCO3)cc2)ncn1. The molecule has 1 saturated heterocycles. The second-order valence-corrected chi connectivity index (χ2v) is 6.51. The molecule has 1 atom stereocenters. The molecule has 0 bridgehead atoms. The number of ether oxygens (including phenoxy) is 1. The minimum absolute atomic E-state index is 0.0769. The predicted molar refractivity (Wildman–Crippen MR) is 97.5 cm³/mol. The average Bonchev–Trinajstić information content (AvgIpc) is 3.13. The van der Waals surface area contributed by atoms with Crippen molar-refractivity contribution >= 4 is 11.7 Å². The topological polar surface area (TPSA) is 76.1 Å². The Bertz CT molecular complexity index is 710. The fourth-order valence-corrected chi connectivity index (χ4v) is 2.80. The van der Waals surface area contributed by atoms with Gasteiger partial charge in [0.2, 0.25) is 0 Å². The van der Waals surface area contributed by atoms with Gasteiger partial charge in [-0.15, -0.1) is 0 Å². The van der Waals surface area contributed by atoms with Crippen LogP contribution in [0.5, 0.6) is 0 Å². The first-order valence-corrected chi connectivity index (χ1v) is 8.70. The van der Waals surface area contributed by atoms with Crippen molar-refractivity contribution in [1.29, 1.82) is 0 Å². The number of anilines is 1. The van der Waals surface area contributed by atoms with E-state index in [-0.39, 0.29) is 12.0 Å². The van der Waals surface area contributed by atoms with Gasteiger partial charge in [-0.2, -0.15) is 0 Å². The van der Waals surface area contributed by atoms with Crippen LogP contribution >= 0.6 is 0 Å². The summed E-state index contributed by atoms with van der Waals surface area (Å²) in [5.74, 6) is 0.713. The highest BCUT2D eigenvalue weighted by Crippen LogP contribution is 2.20. The number of amides is 1. The third-order valence-corrected chi connectivity index (χ3v) is 4.06. The third kappa shape index (κ3) is 4.76. The lowest BCUT2D eigenvalue weighted by molar-refractivity contribution is 0.0858. The van der Waals surface area contributed by atoms with Crippen LogP contribution in [0.3, 0.4) is 0 Å².